The van der Waals surface area contributed by atoms with E-state index in [4.69, 9.17) is 0 Å². The van der Waals surface area contributed by atoms with E-state index >= 15 is 0 Å². The van der Waals surface area contributed by atoms with E-state index in [2.05, 4.69) is 22.1 Å². The Morgan fingerprint density at radius 1 is 1.20 bits per heavy atom. The van der Waals surface area contributed by atoms with Crippen LogP contribution in [-0.2, 0) is 4.79 Å². The van der Waals surface area contributed by atoms with Crippen molar-refractivity contribution in [2.75, 3.05) is 44.2 Å². The average Bonchev–Trinajstić information content (AvgIpc) is 2.63. The predicted octanol–water partition coefficient (Wildman–Crippen LogP) is 2.60. The first-order chi connectivity index (χ1) is 11.2. The molecule has 0 bridgehead atoms. The highest BCUT2D eigenvalue weighted by Gasteiger charge is 2.26. The van der Waals surface area contributed by atoms with Gasteiger partial charge in [0, 0.05) is 38.8 Å². The van der Waals surface area contributed by atoms with E-state index in [1.807, 2.05) is 29.3 Å². The number of nitrogens with one attached hydrogen (secondary N) is 1. The van der Waals surface area contributed by atoms with Crippen LogP contribution < -0.4 is 10.2 Å². The first-order valence-electron chi connectivity index (χ1n) is 8.88. The van der Waals surface area contributed by atoms with E-state index in [0.29, 0.717) is 24.2 Å². The van der Waals surface area contributed by atoms with Crippen LogP contribution in [0.15, 0.2) is 24.4 Å². The average molecular weight is 389 g/mol. The summed E-state index contributed by atoms with van der Waals surface area (Å²) in [7, 11) is 0. The van der Waals surface area contributed by atoms with E-state index in [0.717, 1.165) is 45.1 Å². The SMILES string of the molecule is CC(CC(=O)N1CCN(c2ccccn2)CC1)C1CCNCC1.Cl.Cl. The molecule has 1 unspecified atom stereocenters. The van der Waals surface area contributed by atoms with Crippen LogP contribution >= 0.6 is 24.8 Å². The summed E-state index contributed by atoms with van der Waals surface area (Å²) in [6.07, 6.45) is 4.95. The standard InChI is InChI=1S/C18H28N4O.2ClH/c1-15(16-5-8-19-9-6-16)14-18(23)22-12-10-21(11-13-22)17-4-2-3-7-20-17;;/h2-4,7,15-16,19H,5-6,8-14H2,1H3;2*1H. The quantitative estimate of drug-likeness (QED) is 0.860. The summed E-state index contributed by atoms with van der Waals surface area (Å²) >= 11 is 0. The molecule has 0 aromatic carbocycles. The Hall–Kier alpha value is -1.04. The number of carbonyl (C=O) groups is 1. The lowest BCUT2D eigenvalue weighted by Crippen LogP contribution is -2.49. The maximum absolute atomic E-state index is 12.6. The molecule has 1 amide bonds. The number of aromatic nitrogens is 1. The van der Waals surface area contributed by atoms with Gasteiger partial charge >= 0.3 is 0 Å². The lowest BCUT2D eigenvalue weighted by molar-refractivity contribution is -0.132. The zero-order valence-corrected chi connectivity index (χ0v) is 16.5. The van der Waals surface area contributed by atoms with Gasteiger partial charge < -0.3 is 15.1 Å². The number of hydrogen-bond acceptors (Lipinski definition) is 4. The van der Waals surface area contributed by atoms with Gasteiger partial charge in [0.15, 0.2) is 0 Å². The second-order valence-electron chi connectivity index (χ2n) is 6.82. The third-order valence-electron chi connectivity index (χ3n) is 5.29. The van der Waals surface area contributed by atoms with Crippen molar-refractivity contribution in [1.82, 2.24) is 15.2 Å². The van der Waals surface area contributed by atoms with Crippen LogP contribution in [-0.4, -0.2) is 55.1 Å². The van der Waals surface area contributed by atoms with Crippen LogP contribution in [0.3, 0.4) is 0 Å². The van der Waals surface area contributed by atoms with Gasteiger partial charge in [-0.1, -0.05) is 13.0 Å². The van der Waals surface area contributed by atoms with Gasteiger partial charge in [-0.2, -0.15) is 0 Å². The van der Waals surface area contributed by atoms with Gasteiger partial charge in [-0.15, -0.1) is 24.8 Å². The molecule has 25 heavy (non-hydrogen) atoms. The minimum Gasteiger partial charge on any atom is -0.353 e. The monoisotopic (exact) mass is 388 g/mol. The molecule has 2 fully saturated rings. The highest BCUT2D eigenvalue weighted by Crippen LogP contribution is 2.25. The maximum Gasteiger partial charge on any atom is 0.222 e. The van der Waals surface area contributed by atoms with Gasteiger partial charge in [0.25, 0.3) is 0 Å². The summed E-state index contributed by atoms with van der Waals surface area (Å²) in [5.74, 6) is 2.55. The number of rotatable bonds is 4. The largest absolute Gasteiger partial charge is 0.353 e. The summed E-state index contributed by atoms with van der Waals surface area (Å²) in [5, 5.41) is 3.40. The third kappa shape index (κ3) is 6.01. The van der Waals surface area contributed by atoms with E-state index in [9.17, 15) is 4.79 Å². The zero-order valence-electron chi connectivity index (χ0n) is 14.9. The van der Waals surface area contributed by atoms with Crippen LogP contribution in [0.5, 0.6) is 0 Å². The van der Waals surface area contributed by atoms with Crippen LogP contribution in [0.2, 0.25) is 0 Å². The summed E-state index contributed by atoms with van der Waals surface area (Å²) < 4.78 is 0. The van der Waals surface area contributed by atoms with E-state index < -0.39 is 0 Å². The van der Waals surface area contributed by atoms with Crippen molar-refractivity contribution in [3.8, 4) is 0 Å². The van der Waals surface area contributed by atoms with Gasteiger partial charge in [-0.05, 0) is 49.9 Å². The number of piperazine rings is 1. The molecule has 1 aromatic heterocycles. The number of carbonyl (C=O) groups excluding carboxylic acids is 1. The minimum absolute atomic E-state index is 0. The predicted molar refractivity (Wildman–Crippen MR) is 107 cm³/mol. The second kappa shape index (κ2) is 10.8. The van der Waals surface area contributed by atoms with Crippen molar-refractivity contribution in [3.05, 3.63) is 24.4 Å². The molecule has 3 heterocycles. The van der Waals surface area contributed by atoms with Crippen LogP contribution in [0.25, 0.3) is 0 Å². The molecule has 2 saturated heterocycles. The Kier molecular flexibility index (Phi) is 9.54. The minimum atomic E-state index is 0. The maximum atomic E-state index is 12.6. The number of pyridine rings is 1. The Morgan fingerprint density at radius 3 is 2.48 bits per heavy atom. The number of halogens is 2. The molecule has 3 rings (SSSR count). The first kappa shape index (κ1) is 22.0. The van der Waals surface area contributed by atoms with Gasteiger partial charge in [0.2, 0.25) is 5.91 Å². The molecular formula is C18H30Cl2N4O. The van der Waals surface area contributed by atoms with E-state index in [1.165, 1.54) is 12.8 Å². The Morgan fingerprint density at radius 2 is 1.88 bits per heavy atom. The smallest absolute Gasteiger partial charge is 0.222 e. The number of nitrogens with zero attached hydrogens (tertiary/aromatic N) is 3. The summed E-state index contributed by atoms with van der Waals surface area (Å²) in [4.78, 5) is 21.3. The second-order valence-corrected chi connectivity index (χ2v) is 6.82. The number of hydrogen-bond donors (Lipinski definition) is 1. The summed E-state index contributed by atoms with van der Waals surface area (Å²) in [6, 6.07) is 5.99. The lowest BCUT2D eigenvalue weighted by atomic mass is 9.84. The molecule has 142 valence electrons. The highest BCUT2D eigenvalue weighted by atomic mass is 35.5. The molecule has 2 aliphatic heterocycles. The molecule has 0 saturated carbocycles. The number of anilines is 1. The first-order valence-corrected chi connectivity index (χ1v) is 8.88. The fraction of sp³-hybridized carbons (Fsp3) is 0.667. The van der Waals surface area contributed by atoms with Crippen LogP contribution in [0.4, 0.5) is 5.82 Å². The van der Waals surface area contributed by atoms with Crippen molar-refractivity contribution >= 4 is 36.5 Å². The Balaban J connectivity index is 0.00000156. The molecular weight excluding hydrogens is 359 g/mol. The Labute approximate surface area is 163 Å². The molecule has 0 aliphatic carbocycles. The molecule has 1 N–H and O–H groups in total. The van der Waals surface area contributed by atoms with Crippen molar-refractivity contribution in [1.29, 1.82) is 0 Å². The highest BCUT2D eigenvalue weighted by molar-refractivity contribution is 5.85. The van der Waals surface area contributed by atoms with Gasteiger partial charge in [0.05, 0.1) is 0 Å². The molecule has 0 radical (unpaired) electrons. The molecule has 0 spiro atoms. The van der Waals surface area contributed by atoms with Gasteiger partial charge in [0.1, 0.15) is 5.82 Å². The number of amides is 1. The van der Waals surface area contributed by atoms with Crippen molar-refractivity contribution in [2.45, 2.75) is 26.2 Å². The van der Waals surface area contributed by atoms with Crippen molar-refractivity contribution < 1.29 is 4.79 Å². The molecule has 1 atom stereocenters. The molecule has 7 heteroatoms. The van der Waals surface area contributed by atoms with Crippen molar-refractivity contribution in [3.63, 3.8) is 0 Å². The van der Waals surface area contributed by atoms with Crippen molar-refractivity contribution in [2.24, 2.45) is 11.8 Å². The fourth-order valence-electron chi connectivity index (χ4n) is 3.71. The third-order valence-corrected chi connectivity index (χ3v) is 5.29. The fourth-order valence-corrected chi connectivity index (χ4v) is 3.71. The lowest BCUT2D eigenvalue weighted by Gasteiger charge is -2.36. The topological polar surface area (TPSA) is 48.5 Å². The number of piperidine rings is 1. The van der Waals surface area contributed by atoms with Crippen LogP contribution in [0, 0.1) is 11.8 Å². The van der Waals surface area contributed by atoms with E-state index in [-0.39, 0.29) is 24.8 Å². The Bertz CT molecular complexity index is 503. The summed E-state index contributed by atoms with van der Waals surface area (Å²) in [5.41, 5.74) is 0. The summed E-state index contributed by atoms with van der Waals surface area (Å²) in [6.45, 7) is 7.84. The molecule has 5 nitrogen and oxygen atoms in total. The normalized spacial score (nSPS) is 19.6. The molecule has 2 aliphatic rings. The van der Waals surface area contributed by atoms with E-state index in [1.54, 1.807) is 0 Å². The molecule has 1 aromatic rings. The van der Waals surface area contributed by atoms with Gasteiger partial charge in [-0.3, -0.25) is 4.79 Å². The van der Waals surface area contributed by atoms with Crippen LogP contribution in [0.1, 0.15) is 26.2 Å². The zero-order chi connectivity index (χ0) is 16.1. The van der Waals surface area contributed by atoms with Gasteiger partial charge in [-0.25, -0.2) is 4.98 Å².